The highest BCUT2D eigenvalue weighted by molar-refractivity contribution is 7.87. The van der Waals surface area contributed by atoms with Gasteiger partial charge >= 0.3 is 0 Å². The average Bonchev–Trinajstić information content (AvgIpc) is 2.01. The topological polar surface area (TPSA) is 74.3 Å². The first-order chi connectivity index (χ1) is 6.06. The third-order valence-electron chi connectivity index (χ3n) is 1.78. The minimum absolute atomic E-state index is 0.338. The van der Waals surface area contributed by atoms with E-state index in [1.807, 2.05) is 0 Å². The van der Waals surface area contributed by atoms with Gasteiger partial charge in [-0.2, -0.15) is 8.42 Å². The molecule has 79 valence electrons. The summed E-state index contributed by atoms with van der Waals surface area (Å²) < 4.78 is 24.1. The highest BCUT2D eigenvalue weighted by Gasteiger charge is 2.00. The second kappa shape index (κ2) is 7.29. The average molecular weight is 207 g/mol. The maximum absolute atomic E-state index is 10.4. The molecule has 0 fully saturated rings. The van der Waals surface area contributed by atoms with Gasteiger partial charge in [0.1, 0.15) is 0 Å². The summed E-state index contributed by atoms with van der Waals surface area (Å²) in [6.45, 7) is 2.50. The Balaban J connectivity index is 3.09. The Hall–Kier alpha value is -0.130. The number of nitrogens with zero attached hydrogens (tertiary/aromatic N) is 1. The van der Waals surface area contributed by atoms with Crippen LogP contribution in [0.25, 0.3) is 0 Å². The van der Waals surface area contributed by atoms with E-state index in [1.165, 1.54) is 19.3 Å². The van der Waals surface area contributed by atoms with Crippen LogP contribution in [0.15, 0.2) is 0 Å². The Labute approximate surface area is 81.1 Å². The number of hydrogen-bond donors (Lipinski definition) is 1. The lowest BCUT2D eigenvalue weighted by Gasteiger charge is -1.99. The highest BCUT2D eigenvalue weighted by atomic mass is 32.2. The quantitative estimate of drug-likeness (QED) is 0.606. The molecule has 0 rings (SSSR count). The second-order valence-electron chi connectivity index (χ2n) is 3.14. The molecule has 0 aliphatic heterocycles. The lowest BCUT2D eigenvalue weighted by molar-refractivity contribution is 0.567. The van der Waals surface area contributed by atoms with Crippen molar-refractivity contribution in [2.75, 3.05) is 6.54 Å². The molecule has 0 aromatic carbocycles. The van der Waals surface area contributed by atoms with Crippen molar-refractivity contribution < 1.29 is 8.42 Å². The SMILES string of the molecule is CCCCCCCC[N]S(N)(=O)=O. The molecule has 4 nitrogen and oxygen atoms in total. The van der Waals surface area contributed by atoms with Gasteiger partial charge in [0.2, 0.25) is 0 Å². The van der Waals surface area contributed by atoms with Gasteiger partial charge in [0.05, 0.1) is 0 Å². The first kappa shape index (κ1) is 12.9. The van der Waals surface area contributed by atoms with Crippen LogP contribution in [-0.2, 0) is 10.2 Å². The molecule has 0 bridgehead atoms. The van der Waals surface area contributed by atoms with Gasteiger partial charge in [0, 0.05) is 6.54 Å². The summed E-state index contributed by atoms with van der Waals surface area (Å²) >= 11 is 0. The summed E-state index contributed by atoms with van der Waals surface area (Å²) in [5, 5.41) is 4.70. The fraction of sp³-hybridized carbons (Fsp3) is 1.00. The van der Waals surface area contributed by atoms with Crippen LogP contribution in [0.4, 0.5) is 0 Å². The second-order valence-corrected chi connectivity index (χ2v) is 4.42. The summed E-state index contributed by atoms with van der Waals surface area (Å²) in [7, 11) is -3.60. The number of nitrogens with two attached hydrogens (primary N) is 1. The molecule has 0 heterocycles. The molecule has 0 saturated heterocycles. The lowest BCUT2D eigenvalue weighted by atomic mass is 10.1. The van der Waals surface area contributed by atoms with E-state index in [4.69, 9.17) is 5.14 Å². The van der Waals surface area contributed by atoms with E-state index in [2.05, 4.69) is 11.6 Å². The maximum atomic E-state index is 10.4. The van der Waals surface area contributed by atoms with Crippen LogP contribution in [0.2, 0.25) is 0 Å². The van der Waals surface area contributed by atoms with Crippen molar-refractivity contribution >= 4 is 10.2 Å². The van der Waals surface area contributed by atoms with Crippen LogP contribution < -0.4 is 9.86 Å². The Bertz CT molecular complexity index is 202. The Morgan fingerprint density at radius 3 is 2.15 bits per heavy atom. The van der Waals surface area contributed by atoms with E-state index in [1.54, 1.807) is 0 Å². The van der Waals surface area contributed by atoms with Crippen molar-refractivity contribution in [2.45, 2.75) is 45.4 Å². The predicted molar refractivity (Wildman–Crippen MR) is 53.5 cm³/mol. The monoisotopic (exact) mass is 207 g/mol. The van der Waals surface area contributed by atoms with Gasteiger partial charge in [0.15, 0.2) is 0 Å². The van der Waals surface area contributed by atoms with Crippen LogP contribution in [-0.4, -0.2) is 15.0 Å². The largest absolute Gasteiger partial charge is 0.290 e. The van der Waals surface area contributed by atoms with Gasteiger partial charge in [-0.25, -0.2) is 5.14 Å². The number of unbranched alkanes of at least 4 members (excludes halogenated alkanes) is 5. The summed E-state index contributed by atoms with van der Waals surface area (Å²) in [4.78, 5) is 0. The molecule has 0 spiro atoms. The molecule has 0 amide bonds. The Morgan fingerprint density at radius 1 is 1.08 bits per heavy atom. The van der Waals surface area contributed by atoms with Crippen molar-refractivity contribution in [3.05, 3.63) is 0 Å². The summed E-state index contributed by atoms with van der Waals surface area (Å²) in [6, 6.07) is 0. The number of hydrogen-bond acceptors (Lipinski definition) is 2. The van der Waals surface area contributed by atoms with Gasteiger partial charge < -0.3 is 0 Å². The van der Waals surface area contributed by atoms with Crippen LogP contribution in [0.5, 0.6) is 0 Å². The third-order valence-corrected chi connectivity index (χ3v) is 2.33. The molecule has 0 aromatic heterocycles. The minimum atomic E-state index is -3.60. The van der Waals surface area contributed by atoms with Crippen LogP contribution in [0.1, 0.15) is 45.4 Å². The van der Waals surface area contributed by atoms with Crippen LogP contribution in [0, 0.1) is 0 Å². The molecule has 5 heteroatoms. The first-order valence-corrected chi connectivity index (χ1v) is 6.28. The van der Waals surface area contributed by atoms with Crippen LogP contribution in [0.3, 0.4) is 0 Å². The standard InChI is InChI=1S/C8H19N2O2S/c1-2-3-4-5-6-7-8-10-13(9,11)12/h2-8H2,1H3,(H2,9,11,12). The van der Waals surface area contributed by atoms with Gasteiger partial charge in [-0.15, -0.1) is 4.72 Å². The zero-order valence-electron chi connectivity index (χ0n) is 8.20. The molecule has 0 aromatic rings. The third kappa shape index (κ3) is 11.9. The molecule has 0 aliphatic rings. The number of rotatable bonds is 8. The molecule has 0 unspecified atom stereocenters. The molecule has 1 radical (unpaired) electrons. The van der Waals surface area contributed by atoms with E-state index in [0.717, 1.165) is 19.3 Å². The first-order valence-electron chi connectivity index (χ1n) is 4.77. The van der Waals surface area contributed by atoms with Crippen molar-refractivity contribution in [3.63, 3.8) is 0 Å². The van der Waals surface area contributed by atoms with Gasteiger partial charge in [-0.05, 0) is 6.42 Å². The van der Waals surface area contributed by atoms with Crippen molar-refractivity contribution in [1.82, 2.24) is 4.72 Å². The fourth-order valence-electron chi connectivity index (χ4n) is 1.08. The maximum Gasteiger partial charge on any atom is 0.290 e. The van der Waals surface area contributed by atoms with E-state index in [0.29, 0.717) is 6.54 Å². The molecule has 0 aliphatic carbocycles. The summed E-state index contributed by atoms with van der Waals surface area (Å²) in [6.07, 6.45) is 6.73. The van der Waals surface area contributed by atoms with Crippen molar-refractivity contribution in [3.8, 4) is 0 Å². The highest BCUT2D eigenvalue weighted by Crippen LogP contribution is 2.04. The summed E-state index contributed by atoms with van der Waals surface area (Å²) in [5.74, 6) is 0. The molecular weight excluding hydrogens is 188 g/mol. The Morgan fingerprint density at radius 2 is 1.62 bits per heavy atom. The Kier molecular flexibility index (Phi) is 7.22. The van der Waals surface area contributed by atoms with E-state index in [-0.39, 0.29) is 0 Å². The van der Waals surface area contributed by atoms with Gasteiger partial charge in [-0.3, -0.25) is 0 Å². The van der Waals surface area contributed by atoms with Crippen molar-refractivity contribution in [2.24, 2.45) is 5.14 Å². The summed E-state index contributed by atoms with van der Waals surface area (Å²) in [5.41, 5.74) is 0. The minimum Gasteiger partial charge on any atom is -0.214 e. The molecular formula is C8H19N2O2S. The van der Waals surface area contributed by atoms with E-state index >= 15 is 0 Å². The predicted octanol–water partition coefficient (Wildman–Crippen LogP) is 1.15. The molecule has 0 atom stereocenters. The van der Waals surface area contributed by atoms with Gasteiger partial charge in [-0.1, -0.05) is 39.0 Å². The zero-order valence-corrected chi connectivity index (χ0v) is 9.02. The zero-order chi connectivity index (χ0) is 10.2. The van der Waals surface area contributed by atoms with E-state index < -0.39 is 10.2 Å². The van der Waals surface area contributed by atoms with Crippen molar-refractivity contribution in [1.29, 1.82) is 0 Å². The molecule has 2 N–H and O–H groups in total. The van der Waals surface area contributed by atoms with Crippen LogP contribution >= 0.6 is 0 Å². The molecule has 0 saturated carbocycles. The smallest absolute Gasteiger partial charge is 0.214 e. The normalized spacial score (nSPS) is 11.8. The van der Waals surface area contributed by atoms with Gasteiger partial charge in [0.25, 0.3) is 10.2 Å². The van der Waals surface area contributed by atoms with E-state index in [9.17, 15) is 8.42 Å². The molecule has 13 heavy (non-hydrogen) atoms. The fourth-order valence-corrected chi connectivity index (χ4v) is 1.47. The lowest BCUT2D eigenvalue weighted by Crippen LogP contribution is -2.25.